The fourth-order valence-electron chi connectivity index (χ4n) is 2.35. The smallest absolute Gasteiger partial charge is 0.170 e. The highest BCUT2D eigenvalue weighted by Crippen LogP contribution is 2.18. The number of benzene rings is 1. The SMILES string of the molecule is N/C(=N/O)c1cccc(CN2CCC(CO)C2)c1. The second kappa shape index (κ2) is 5.84. The van der Waals surface area contributed by atoms with Gasteiger partial charge in [0.2, 0.25) is 0 Å². The molecule has 1 aliphatic rings. The highest BCUT2D eigenvalue weighted by Gasteiger charge is 2.21. The number of amidine groups is 1. The predicted octanol–water partition coefficient (Wildman–Crippen LogP) is 0.595. The van der Waals surface area contributed by atoms with Crippen molar-refractivity contribution in [3.63, 3.8) is 0 Å². The first-order valence-corrected chi connectivity index (χ1v) is 6.13. The van der Waals surface area contributed by atoms with Gasteiger partial charge in [0, 0.05) is 25.3 Å². The number of hydrogen-bond donors (Lipinski definition) is 3. The lowest BCUT2D eigenvalue weighted by atomic mass is 10.1. The molecule has 0 radical (unpaired) electrons. The van der Waals surface area contributed by atoms with E-state index in [0.29, 0.717) is 5.92 Å². The number of rotatable bonds is 4. The highest BCUT2D eigenvalue weighted by molar-refractivity contribution is 5.97. The third kappa shape index (κ3) is 3.00. The Kier molecular flexibility index (Phi) is 4.17. The van der Waals surface area contributed by atoms with Crippen molar-refractivity contribution in [1.29, 1.82) is 0 Å². The molecule has 0 saturated carbocycles. The Labute approximate surface area is 107 Å². The normalized spacial score (nSPS) is 21.4. The van der Waals surface area contributed by atoms with Crippen LogP contribution < -0.4 is 5.73 Å². The van der Waals surface area contributed by atoms with Crippen molar-refractivity contribution >= 4 is 5.84 Å². The zero-order valence-corrected chi connectivity index (χ0v) is 10.3. The van der Waals surface area contributed by atoms with Crippen molar-refractivity contribution in [1.82, 2.24) is 4.90 Å². The lowest BCUT2D eigenvalue weighted by molar-refractivity contribution is 0.220. The number of oxime groups is 1. The number of nitrogens with two attached hydrogens (primary N) is 1. The van der Waals surface area contributed by atoms with Crippen LogP contribution in [0.3, 0.4) is 0 Å². The largest absolute Gasteiger partial charge is 0.409 e. The van der Waals surface area contributed by atoms with Gasteiger partial charge in [-0.05, 0) is 30.5 Å². The quantitative estimate of drug-likeness (QED) is 0.316. The van der Waals surface area contributed by atoms with E-state index in [-0.39, 0.29) is 12.4 Å². The van der Waals surface area contributed by atoms with Crippen molar-refractivity contribution in [3.05, 3.63) is 35.4 Å². The standard InChI is InChI=1S/C13H19N3O2/c14-13(15-18)12-3-1-2-10(6-12)7-16-5-4-11(8-16)9-17/h1-3,6,11,17-18H,4-5,7-9H2,(H2,14,15). The minimum atomic E-state index is 0.131. The molecule has 5 nitrogen and oxygen atoms in total. The molecule has 1 unspecified atom stereocenters. The van der Waals surface area contributed by atoms with Crippen LogP contribution in [0.4, 0.5) is 0 Å². The minimum absolute atomic E-state index is 0.131. The van der Waals surface area contributed by atoms with Gasteiger partial charge in [-0.25, -0.2) is 0 Å². The number of hydrogen-bond acceptors (Lipinski definition) is 4. The molecule has 18 heavy (non-hydrogen) atoms. The van der Waals surface area contributed by atoms with Gasteiger partial charge < -0.3 is 16.0 Å². The lowest BCUT2D eigenvalue weighted by Gasteiger charge is -2.16. The molecule has 5 heteroatoms. The summed E-state index contributed by atoms with van der Waals surface area (Å²) in [5.41, 5.74) is 7.43. The molecule has 1 aromatic carbocycles. The summed E-state index contributed by atoms with van der Waals surface area (Å²) in [7, 11) is 0. The molecule has 1 atom stereocenters. The van der Waals surface area contributed by atoms with Crippen LogP contribution in [-0.4, -0.2) is 40.7 Å². The number of nitrogens with zero attached hydrogens (tertiary/aromatic N) is 2. The van der Waals surface area contributed by atoms with Crippen molar-refractivity contribution in [3.8, 4) is 0 Å². The van der Waals surface area contributed by atoms with Crippen LogP contribution in [0.5, 0.6) is 0 Å². The van der Waals surface area contributed by atoms with Gasteiger partial charge in [0.25, 0.3) is 0 Å². The van der Waals surface area contributed by atoms with Gasteiger partial charge in [0.1, 0.15) is 0 Å². The molecule has 0 amide bonds. The Hall–Kier alpha value is -1.59. The second-order valence-electron chi connectivity index (χ2n) is 4.76. The molecule has 1 fully saturated rings. The second-order valence-corrected chi connectivity index (χ2v) is 4.76. The Morgan fingerprint density at radius 3 is 3.00 bits per heavy atom. The fourth-order valence-corrected chi connectivity index (χ4v) is 2.35. The molecule has 1 heterocycles. The Bertz CT molecular complexity index is 434. The molecular formula is C13H19N3O2. The van der Waals surface area contributed by atoms with E-state index in [1.165, 1.54) is 0 Å². The zero-order valence-electron chi connectivity index (χ0n) is 10.3. The first-order chi connectivity index (χ1) is 8.72. The van der Waals surface area contributed by atoms with Crippen LogP contribution in [0.15, 0.2) is 29.4 Å². The summed E-state index contributed by atoms with van der Waals surface area (Å²) >= 11 is 0. The summed E-state index contributed by atoms with van der Waals surface area (Å²) in [6, 6.07) is 7.68. The van der Waals surface area contributed by atoms with Gasteiger partial charge in [0.15, 0.2) is 5.84 Å². The molecule has 0 aliphatic carbocycles. The molecule has 1 aromatic rings. The minimum Gasteiger partial charge on any atom is -0.409 e. The summed E-state index contributed by atoms with van der Waals surface area (Å²) in [5, 5.41) is 20.8. The summed E-state index contributed by atoms with van der Waals surface area (Å²) in [5.74, 6) is 0.531. The maximum Gasteiger partial charge on any atom is 0.170 e. The topological polar surface area (TPSA) is 82.1 Å². The Morgan fingerprint density at radius 2 is 2.33 bits per heavy atom. The lowest BCUT2D eigenvalue weighted by Crippen LogP contribution is -2.21. The van der Waals surface area contributed by atoms with Gasteiger partial charge in [-0.2, -0.15) is 0 Å². The van der Waals surface area contributed by atoms with E-state index in [1.54, 1.807) is 0 Å². The van der Waals surface area contributed by atoms with Crippen molar-refractivity contribution in [2.45, 2.75) is 13.0 Å². The van der Waals surface area contributed by atoms with Crippen molar-refractivity contribution in [2.75, 3.05) is 19.7 Å². The van der Waals surface area contributed by atoms with Crippen LogP contribution in [0.2, 0.25) is 0 Å². The van der Waals surface area contributed by atoms with Gasteiger partial charge in [-0.1, -0.05) is 23.4 Å². The molecule has 0 spiro atoms. The predicted molar refractivity (Wildman–Crippen MR) is 69.4 cm³/mol. The number of likely N-dealkylation sites (tertiary alicyclic amines) is 1. The Morgan fingerprint density at radius 1 is 1.50 bits per heavy atom. The average Bonchev–Trinajstić information content (AvgIpc) is 2.86. The van der Waals surface area contributed by atoms with E-state index in [4.69, 9.17) is 16.0 Å². The van der Waals surface area contributed by atoms with Crippen LogP contribution in [-0.2, 0) is 6.54 Å². The van der Waals surface area contributed by atoms with Gasteiger partial charge in [-0.3, -0.25) is 4.90 Å². The molecule has 0 aromatic heterocycles. The fraction of sp³-hybridized carbons (Fsp3) is 0.462. The third-order valence-corrected chi connectivity index (χ3v) is 3.36. The molecule has 2 rings (SSSR count). The molecule has 4 N–H and O–H groups in total. The van der Waals surface area contributed by atoms with Crippen LogP contribution in [0.1, 0.15) is 17.5 Å². The maximum atomic E-state index is 9.11. The summed E-state index contributed by atoms with van der Waals surface area (Å²) < 4.78 is 0. The van der Waals surface area contributed by atoms with Crippen LogP contribution >= 0.6 is 0 Å². The number of aliphatic hydroxyl groups is 1. The van der Waals surface area contributed by atoms with Crippen LogP contribution in [0, 0.1) is 5.92 Å². The number of aliphatic hydroxyl groups excluding tert-OH is 1. The molecule has 1 aliphatic heterocycles. The average molecular weight is 249 g/mol. The van der Waals surface area contributed by atoms with E-state index >= 15 is 0 Å². The summed E-state index contributed by atoms with van der Waals surface area (Å²) in [6.45, 7) is 3.05. The molecular weight excluding hydrogens is 230 g/mol. The molecule has 98 valence electrons. The summed E-state index contributed by atoms with van der Waals surface area (Å²) in [6.07, 6.45) is 1.05. The van der Waals surface area contributed by atoms with Crippen molar-refractivity contribution < 1.29 is 10.3 Å². The zero-order chi connectivity index (χ0) is 13.0. The van der Waals surface area contributed by atoms with E-state index in [1.807, 2.05) is 24.3 Å². The summed E-state index contributed by atoms with van der Waals surface area (Å²) in [4.78, 5) is 2.31. The van der Waals surface area contributed by atoms with Gasteiger partial charge in [-0.15, -0.1) is 0 Å². The highest BCUT2D eigenvalue weighted by atomic mass is 16.4. The molecule has 0 bridgehead atoms. The maximum absolute atomic E-state index is 9.11. The van der Waals surface area contributed by atoms with E-state index in [0.717, 1.165) is 37.2 Å². The monoisotopic (exact) mass is 249 g/mol. The Balaban J connectivity index is 2.02. The third-order valence-electron chi connectivity index (χ3n) is 3.36. The first-order valence-electron chi connectivity index (χ1n) is 6.13. The van der Waals surface area contributed by atoms with Gasteiger partial charge in [0.05, 0.1) is 0 Å². The molecule has 1 saturated heterocycles. The van der Waals surface area contributed by atoms with Crippen LogP contribution in [0.25, 0.3) is 0 Å². The van der Waals surface area contributed by atoms with E-state index < -0.39 is 0 Å². The van der Waals surface area contributed by atoms with Gasteiger partial charge >= 0.3 is 0 Å². The van der Waals surface area contributed by atoms with Crippen molar-refractivity contribution in [2.24, 2.45) is 16.8 Å². The van der Waals surface area contributed by atoms with E-state index in [9.17, 15) is 0 Å². The van der Waals surface area contributed by atoms with E-state index in [2.05, 4.69) is 10.1 Å². The first kappa shape index (κ1) is 12.9.